The van der Waals surface area contributed by atoms with E-state index in [0.29, 0.717) is 12.8 Å². The first kappa shape index (κ1) is 49.4. The van der Waals surface area contributed by atoms with Crippen molar-refractivity contribution in [3.05, 3.63) is 0 Å². The van der Waals surface area contributed by atoms with E-state index in [1.807, 2.05) is 0 Å². The van der Waals surface area contributed by atoms with E-state index in [1.54, 1.807) is 20.8 Å². The van der Waals surface area contributed by atoms with Crippen LogP contribution in [0.5, 0.6) is 0 Å². The first-order chi connectivity index (χ1) is 26.1. The number of carbonyl (C=O) groups is 6. The van der Waals surface area contributed by atoms with Gasteiger partial charge >= 0.3 is 6.09 Å². The van der Waals surface area contributed by atoms with Crippen LogP contribution in [-0.2, 0) is 33.4 Å². The molecule has 1 aliphatic rings. The lowest BCUT2D eigenvalue weighted by atomic mass is 9.98. The third kappa shape index (κ3) is 25.3. The van der Waals surface area contributed by atoms with Crippen molar-refractivity contribution >= 4 is 35.6 Å². The van der Waals surface area contributed by atoms with E-state index in [0.717, 1.165) is 51.4 Å². The van der Waals surface area contributed by atoms with Gasteiger partial charge in [-0.15, -0.1) is 0 Å². The van der Waals surface area contributed by atoms with Gasteiger partial charge in [0.05, 0.1) is 19.7 Å². The molecule has 1 rings (SSSR count). The quantitative estimate of drug-likeness (QED) is 0.0474. The Morgan fingerprint density at radius 3 is 1.38 bits per heavy atom. The number of aliphatic hydroxyl groups is 4. The number of carbonyl (C=O) groups excluding carboxylic acids is 6. The highest BCUT2D eigenvalue weighted by Gasteiger charge is 2.43. The Balaban J connectivity index is 1.88. The number of rotatable bonds is 28. The minimum Gasteiger partial charge on any atom is -0.444 e. The van der Waals surface area contributed by atoms with Gasteiger partial charge in [0.2, 0.25) is 29.5 Å². The second kappa shape index (κ2) is 28.8. The van der Waals surface area contributed by atoms with Gasteiger partial charge in [-0.05, 0) is 33.6 Å². The van der Waals surface area contributed by atoms with Crippen LogP contribution in [0.25, 0.3) is 0 Å². The summed E-state index contributed by atoms with van der Waals surface area (Å²) in [4.78, 5) is 71.3. The van der Waals surface area contributed by atoms with Crippen molar-refractivity contribution < 1.29 is 58.7 Å². The standard InChI is InChI=1S/C37H68N6O12/c1-37(2,3)55-36(53)42-24-31(49)41-23-30(48)40-22-29(47)39-21-20-38-27(45)18-16-14-12-10-8-6-4-5-7-9-11-13-15-17-19-28(46)43-35-34(52)33(51)32(50)26(25-44)54-35/h26,32-35,44,50-52H,4-25H2,1-3H3,(H,38,45)(H,39,47)(H,40,48)(H,41,49)(H,42,53)(H,43,46)/t26-,32-,33+,34-,35-/m1/s1. The number of aliphatic hydroxyl groups excluding tert-OH is 4. The fourth-order valence-electron chi connectivity index (χ4n) is 5.65. The number of unbranched alkanes of at least 4 members (excludes halogenated alkanes) is 13. The Morgan fingerprint density at radius 2 is 0.927 bits per heavy atom. The molecule has 0 radical (unpaired) electrons. The summed E-state index contributed by atoms with van der Waals surface area (Å²) in [5.74, 6) is -1.99. The zero-order chi connectivity index (χ0) is 41.1. The fraction of sp³-hybridized carbons (Fsp3) is 0.838. The topological polar surface area (TPSA) is 274 Å². The van der Waals surface area contributed by atoms with Crippen LogP contribution in [0.3, 0.4) is 0 Å². The van der Waals surface area contributed by atoms with E-state index in [2.05, 4.69) is 31.9 Å². The molecule has 0 unspecified atom stereocenters. The van der Waals surface area contributed by atoms with Gasteiger partial charge in [0.15, 0.2) is 6.23 Å². The third-order valence-corrected chi connectivity index (χ3v) is 8.71. The largest absolute Gasteiger partial charge is 0.444 e. The molecule has 0 spiro atoms. The summed E-state index contributed by atoms with van der Waals surface area (Å²) < 4.78 is 10.3. The molecule has 10 N–H and O–H groups in total. The molecule has 0 aromatic carbocycles. The average Bonchev–Trinajstić information content (AvgIpc) is 3.13. The maximum Gasteiger partial charge on any atom is 0.408 e. The van der Waals surface area contributed by atoms with Crippen LogP contribution in [0.4, 0.5) is 4.79 Å². The molecule has 5 atom stereocenters. The molecule has 0 aliphatic carbocycles. The molecule has 18 heteroatoms. The van der Waals surface area contributed by atoms with E-state index in [4.69, 9.17) is 9.47 Å². The first-order valence-corrected chi connectivity index (χ1v) is 19.8. The molecule has 1 heterocycles. The molecular formula is C37H68N6O12. The molecule has 6 amide bonds. The summed E-state index contributed by atoms with van der Waals surface area (Å²) in [5, 5.41) is 53.8. The van der Waals surface area contributed by atoms with Crippen LogP contribution in [0, 0.1) is 0 Å². The number of nitrogens with one attached hydrogen (secondary N) is 6. The Labute approximate surface area is 325 Å². The minimum atomic E-state index is -1.52. The minimum absolute atomic E-state index is 0.0724. The number of alkyl carbamates (subject to hydrolysis) is 1. The van der Waals surface area contributed by atoms with Crippen molar-refractivity contribution in [1.82, 2.24) is 31.9 Å². The van der Waals surface area contributed by atoms with Gasteiger partial charge in [-0.3, -0.25) is 24.0 Å². The zero-order valence-corrected chi connectivity index (χ0v) is 33.0. The van der Waals surface area contributed by atoms with Crippen molar-refractivity contribution in [2.75, 3.05) is 39.3 Å². The predicted octanol–water partition coefficient (Wildman–Crippen LogP) is 0.134. The molecule has 0 aromatic heterocycles. The summed E-state index contributed by atoms with van der Waals surface area (Å²) in [5.41, 5.74) is -0.702. The van der Waals surface area contributed by atoms with Crippen LogP contribution < -0.4 is 31.9 Å². The smallest absolute Gasteiger partial charge is 0.408 e. The lowest BCUT2D eigenvalue weighted by Gasteiger charge is -2.40. The van der Waals surface area contributed by atoms with Gasteiger partial charge < -0.3 is 61.8 Å². The molecule has 318 valence electrons. The third-order valence-electron chi connectivity index (χ3n) is 8.71. The van der Waals surface area contributed by atoms with E-state index in [1.165, 1.54) is 32.1 Å². The lowest BCUT2D eigenvalue weighted by molar-refractivity contribution is -0.236. The number of amides is 6. The summed E-state index contributed by atoms with van der Waals surface area (Å²) in [7, 11) is 0. The summed E-state index contributed by atoms with van der Waals surface area (Å²) in [6, 6.07) is 0. The molecule has 55 heavy (non-hydrogen) atoms. The van der Waals surface area contributed by atoms with E-state index >= 15 is 0 Å². The lowest BCUT2D eigenvalue weighted by Crippen LogP contribution is -2.63. The van der Waals surface area contributed by atoms with Gasteiger partial charge in [0.25, 0.3) is 0 Å². The van der Waals surface area contributed by atoms with Crippen LogP contribution in [0.1, 0.15) is 124 Å². The van der Waals surface area contributed by atoms with Gasteiger partial charge in [-0.2, -0.15) is 0 Å². The van der Waals surface area contributed by atoms with Gasteiger partial charge in [0, 0.05) is 25.9 Å². The fourth-order valence-corrected chi connectivity index (χ4v) is 5.65. The van der Waals surface area contributed by atoms with Crippen molar-refractivity contribution in [1.29, 1.82) is 0 Å². The molecule has 0 aromatic rings. The Kier molecular flexibility index (Phi) is 25.9. The highest BCUT2D eigenvalue weighted by molar-refractivity contribution is 5.89. The Hall–Kier alpha value is -3.58. The molecular weight excluding hydrogens is 720 g/mol. The number of hydrogen-bond donors (Lipinski definition) is 10. The molecule has 1 fully saturated rings. The first-order valence-electron chi connectivity index (χ1n) is 19.8. The number of ether oxygens (including phenoxy) is 2. The molecule has 18 nitrogen and oxygen atoms in total. The van der Waals surface area contributed by atoms with Crippen LogP contribution in [0.2, 0.25) is 0 Å². The maximum absolute atomic E-state index is 12.2. The van der Waals surface area contributed by atoms with Crippen LogP contribution in [-0.4, -0.2) is 132 Å². The molecule has 1 saturated heterocycles. The maximum atomic E-state index is 12.2. The van der Waals surface area contributed by atoms with Crippen molar-refractivity contribution in [3.8, 4) is 0 Å². The number of hydrogen-bond acceptors (Lipinski definition) is 12. The van der Waals surface area contributed by atoms with Crippen LogP contribution >= 0.6 is 0 Å². The van der Waals surface area contributed by atoms with Crippen LogP contribution in [0.15, 0.2) is 0 Å². The Bertz CT molecular complexity index is 1150. The normalized spacial score (nSPS) is 19.5. The van der Waals surface area contributed by atoms with Crippen molar-refractivity contribution in [2.24, 2.45) is 0 Å². The predicted molar refractivity (Wildman–Crippen MR) is 202 cm³/mol. The molecule has 1 aliphatic heterocycles. The van der Waals surface area contributed by atoms with E-state index < -0.39 is 66.7 Å². The zero-order valence-electron chi connectivity index (χ0n) is 33.0. The monoisotopic (exact) mass is 788 g/mol. The summed E-state index contributed by atoms with van der Waals surface area (Å²) in [6.07, 6.45) is 8.19. The summed E-state index contributed by atoms with van der Waals surface area (Å²) >= 11 is 0. The van der Waals surface area contributed by atoms with Gasteiger partial charge in [-0.1, -0.05) is 77.0 Å². The SMILES string of the molecule is CC(C)(C)OC(=O)NCC(=O)NCC(=O)NCC(=O)NCCNC(=O)CCCCCCCCCCCCCCCCC(=O)N[C@@H]1O[C@H](CO)[C@@H](O)[C@H](O)[C@H]1O. The van der Waals surface area contributed by atoms with E-state index in [9.17, 15) is 49.2 Å². The second-order valence-electron chi connectivity index (χ2n) is 14.9. The molecule has 0 saturated carbocycles. The van der Waals surface area contributed by atoms with Crippen molar-refractivity contribution in [3.63, 3.8) is 0 Å². The van der Waals surface area contributed by atoms with E-state index in [-0.39, 0.29) is 51.0 Å². The average molecular weight is 789 g/mol. The highest BCUT2D eigenvalue weighted by atomic mass is 16.6. The molecule has 0 bridgehead atoms. The van der Waals surface area contributed by atoms with Gasteiger partial charge in [-0.25, -0.2) is 4.79 Å². The van der Waals surface area contributed by atoms with Crippen molar-refractivity contribution in [2.45, 2.75) is 160 Å². The second-order valence-corrected chi connectivity index (χ2v) is 14.9. The van der Waals surface area contributed by atoms with Gasteiger partial charge in [0.1, 0.15) is 36.6 Å². The highest BCUT2D eigenvalue weighted by Crippen LogP contribution is 2.20. The Morgan fingerprint density at radius 1 is 0.527 bits per heavy atom. The summed E-state index contributed by atoms with van der Waals surface area (Å²) in [6.45, 7) is 4.00.